The van der Waals surface area contributed by atoms with Gasteiger partial charge in [-0.3, -0.25) is 29.4 Å². The van der Waals surface area contributed by atoms with Crippen LogP contribution >= 0.6 is 31.9 Å². The second-order valence-electron chi connectivity index (χ2n) is 8.36. The third-order valence-electron chi connectivity index (χ3n) is 6.40. The van der Waals surface area contributed by atoms with Crippen LogP contribution in [0.25, 0.3) is 0 Å². The molecule has 9 nitrogen and oxygen atoms in total. The minimum Gasteiger partial charge on any atom is -0.496 e. The maximum absolute atomic E-state index is 13.6. The van der Waals surface area contributed by atoms with E-state index in [2.05, 4.69) is 31.9 Å². The second-order valence-corrected chi connectivity index (χ2v) is 10.1. The first-order valence-electron chi connectivity index (χ1n) is 10.7. The first kappa shape index (κ1) is 24.1. The number of nitro groups is 1. The summed E-state index contributed by atoms with van der Waals surface area (Å²) in [5, 5.41) is 11.5. The predicted molar refractivity (Wildman–Crippen MR) is 137 cm³/mol. The highest BCUT2D eigenvalue weighted by molar-refractivity contribution is 9.10. The van der Waals surface area contributed by atoms with E-state index in [1.165, 1.54) is 30.2 Å². The van der Waals surface area contributed by atoms with Crippen molar-refractivity contribution in [3.8, 4) is 5.75 Å². The Labute approximate surface area is 222 Å². The highest BCUT2D eigenvalue weighted by Crippen LogP contribution is 2.46. The van der Waals surface area contributed by atoms with Crippen molar-refractivity contribution >= 4 is 61.0 Å². The number of imide groups is 1. The molecule has 0 N–H and O–H groups in total. The lowest BCUT2D eigenvalue weighted by Gasteiger charge is -2.50. The number of carbonyl (C=O) groups excluding carboxylic acids is 3. The molecule has 2 atom stereocenters. The Morgan fingerprint density at radius 2 is 1.67 bits per heavy atom. The zero-order chi connectivity index (χ0) is 25.9. The Kier molecular flexibility index (Phi) is 5.92. The molecule has 0 aliphatic carbocycles. The normalized spacial score (nSPS) is 18.8. The monoisotopic (exact) mass is 613 g/mol. The lowest BCUT2D eigenvalue weighted by molar-refractivity contribution is -0.385. The second kappa shape index (κ2) is 8.82. The van der Waals surface area contributed by atoms with Crippen LogP contribution < -0.4 is 9.64 Å². The first-order valence-corrected chi connectivity index (χ1v) is 12.3. The molecule has 3 aromatic carbocycles. The standard InChI is InChI=1S/C25H17Br2N3O6/c1-12-10-14(7-8-16(12)26)28-21(13-6-9-19(36-2)17(27)11-13)22(25(28)33)29-23(31)15-4-3-5-18(30(34)35)20(15)24(29)32/h3-11,21-22H,1-2H3/t21-,22-/m1/s1. The lowest BCUT2D eigenvalue weighted by Crippen LogP contribution is -2.67. The number of halogens is 2. The van der Waals surface area contributed by atoms with Gasteiger partial charge in [-0.15, -0.1) is 0 Å². The van der Waals surface area contributed by atoms with Crippen LogP contribution in [0.3, 0.4) is 0 Å². The molecule has 2 aliphatic rings. The highest BCUT2D eigenvalue weighted by atomic mass is 79.9. The SMILES string of the molecule is COc1ccc([C@@H]2[C@@H](N3C(=O)c4cccc([N+](=O)[O-])c4C3=O)C(=O)N2c2ccc(Br)c(C)c2)cc1Br. The van der Waals surface area contributed by atoms with Crippen LogP contribution in [0.4, 0.5) is 11.4 Å². The van der Waals surface area contributed by atoms with Gasteiger partial charge in [0.2, 0.25) is 0 Å². The van der Waals surface area contributed by atoms with Crippen LogP contribution in [0.1, 0.15) is 37.9 Å². The number of nitro benzene ring substituents is 1. The number of amides is 3. The molecule has 3 amide bonds. The topological polar surface area (TPSA) is 110 Å². The molecule has 0 saturated carbocycles. The highest BCUT2D eigenvalue weighted by Gasteiger charge is 2.58. The van der Waals surface area contributed by atoms with E-state index in [0.717, 1.165) is 14.9 Å². The van der Waals surface area contributed by atoms with E-state index < -0.39 is 40.4 Å². The molecule has 1 fully saturated rings. The van der Waals surface area contributed by atoms with Crippen molar-refractivity contribution in [2.24, 2.45) is 0 Å². The van der Waals surface area contributed by atoms with Gasteiger partial charge < -0.3 is 9.64 Å². The van der Waals surface area contributed by atoms with E-state index in [1.807, 2.05) is 19.1 Å². The van der Waals surface area contributed by atoms with Gasteiger partial charge in [0.05, 0.1) is 28.1 Å². The molecule has 11 heteroatoms. The third-order valence-corrected chi connectivity index (χ3v) is 7.91. The number of hydrogen-bond donors (Lipinski definition) is 0. The van der Waals surface area contributed by atoms with Gasteiger partial charge in [-0.2, -0.15) is 0 Å². The van der Waals surface area contributed by atoms with Crippen molar-refractivity contribution in [1.29, 1.82) is 0 Å². The fourth-order valence-electron chi connectivity index (χ4n) is 4.68. The number of β-lactam (4-membered cyclic amide) rings is 1. The average Bonchev–Trinajstić information content (AvgIpc) is 3.09. The van der Waals surface area contributed by atoms with Gasteiger partial charge in [-0.25, -0.2) is 0 Å². The Morgan fingerprint density at radius 1 is 0.917 bits per heavy atom. The molecule has 0 unspecified atom stereocenters. The van der Waals surface area contributed by atoms with Crippen LogP contribution in [0.15, 0.2) is 63.5 Å². The van der Waals surface area contributed by atoms with Crippen LogP contribution in [0.2, 0.25) is 0 Å². The zero-order valence-electron chi connectivity index (χ0n) is 18.9. The molecule has 2 aliphatic heterocycles. The van der Waals surface area contributed by atoms with E-state index in [-0.39, 0.29) is 11.1 Å². The summed E-state index contributed by atoms with van der Waals surface area (Å²) in [5.41, 5.74) is 1.29. The summed E-state index contributed by atoms with van der Waals surface area (Å²) >= 11 is 6.92. The first-order chi connectivity index (χ1) is 17.1. The Balaban J connectivity index is 1.63. The van der Waals surface area contributed by atoms with Crippen molar-refractivity contribution in [3.63, 3.8) is 0 Å². The summed E-state index contributed by atoms with van der Waals surface area (Å²) in [6, 6.07) is 12.6. The molecule has 2 heterocycles. The van der Waals surface area contributed by atoms with Gasteiger partial charge >= 0.3 is 0 Å². The molecular formula is C25H17Br2N3O6. The molecule has 0 spiro atoms. The molecule has 0 bridgehead atoms. The van der Waals surface area contributed by atoms with Crippen LogP contribution in [0, 0.1) is 17.0 Å². The predicted octanol–water partition coefficient (Wildman–Crippen LogP) is 5.19. The van der Waals surface area contributed by atoms with Crippen molar-refractivity contribution in [2.45, 2.75) is 19.0 Å². The number of rotatable bonds is 5. The number of aryl methyl sites for hydroxylation is 1. The minimum atomic E-state index is -1.18. The fourth-order valence-corrected chi connectivity index (χ4v) is 5.49. The quantitative estimate of drug-likeness (QED) is 0.169. The molecule has 0 aromatic heterocycles. The summed E-state index contributed by atoms with van der Waals surface area (Å²) in [6.07, 6.45) is 0. The maximum Gasteiger partial charge on any atom is 0.282 e. The molecule has 0 radical (unpaired) electrons. The lowest BCUT2D eigenvalue weighted by atomic mass is 9.86. The summed E-state index contributed by atoms with van der Waals surface area (Å²) in [7, 11) is 1.53. The Bertz CT molecular complexity index is 1490. The number of fused-ring (bicyclic) bond motifs is 1. The number of carbonyl (C=O) groups is 3. The Hall–Kier alpha value is -3.57. The average molecular weight is 615 g/mol. The van der Waals surface area contributed by atoms with Crippen LogP contribution in [-0.4, -0.2) is 40.7 Å². The minimum absolute atomic E-state index is 0.0883. The van der Waals surface area contributed by atoms with Crippen molar-refractivity contribution in [1.82, 2.24) is 4.90 Å². The summed E-state index contributed by atoms with van der Waals surface area (Å²) in [4.78, 5) is 53.5. The number of anilines is 1. The third kappa shape index (κ3) is 3.53. The summed E-state index contributed by atoms with van der Waals surface area (Å²) in [6.45, 7) is 1.89. The van der Waals surface area contributed by atoms with Crippen LogP contribution in [0.5, 0.6) is 5.75 Å². The van der Waals surface area contributed by atoms with E-state index >= 15 is 0 Å². The van der Waals surface area contributed by atoms with E-state index in [0.29, 0.717) is 21.5 Å². The fraction of sp³-hybridized carbons (Fsp3) is 0.160. The van der Waals surface area contributed by atoms with Gasteiger partial charge in [-0.1, -0.05) is 28.1 Å². The van der Waals surface area contributed by atoms with Gasteiger partial charge in [-0.05, 0) is 70.4 Å². The van der Waals surface area contributed by atoms with E-state index in [1.54, 1.807) is 24.3 Å². The molecular weight excluding hydrogens is 598 g/mol. The van der Waals surface area contributed by atoms with Crippen molar-refractivity contribution in [2.75, 3.05) is 12.0 Å². The van der Waals surface area contributed by atoms with Gasteiger partial charge in [0.15, 0.2) is 0 Å². The number of methoxy groups -OCH3 is 1. The number of hydrogen-bond acceptors (Lipinski definition) is 6. The van der Waals surface area contributed by atoms with E-state index in [9.17, 15) is 24.5 Å². The van der Waals surface area contributed by atoms with E-state index in [4.69, 9.17) is 4.74 Å². The molecule has 3 aromatic rings. The summed E-state index contributed by atoms with van der Waals surface area (Å²) in [5.74, 6) is -1.49. The van der Waals surface area contributed by atoms with Gasteiger partial charge in [0.1, 0.15) is 17.4 Å². The number of ether oxygens (including phenoxy) is 1. The molecule has 182 valence electrons. The number of nitrogens with zero attached hydrogens (tertiary/aromatic N) is 3. The van der Waals surface area contributed by atoms with Crippen molar-refractivity contribution in [3.05, 3.63) is 95.9 Å². The smallest absolute Gasteiger partial charge is 0.282 e. The largest absolute Gasteiger partial charge is 0.496 e. The van der Waals surface area contributed by atoms with Gasteiger partial charge in [0, 0.05) is 16.2 Å². The molecule has 36 heavy (non-hydrogen) atoms. The molecule has 1 saturated heterocycles. The zero-order valence-corrected chi connectivity index (χ0v) is 22.1. The maximum atomic E-state index is 13.6. The summed E-state index contributed by atoms with van der Waals surface area (Å²) < 4.78 is 6.81. The molecule has 5 rings (SSSR count). The van der Waals surface area contributed by atoms with Crippen molar-refractivity contribution < 1.29 is 24.0 Å². The number of benzene rings is 3. The van der Waals surface area contributed by atoms with Crippen LogP contribution in [-0.2, 0) is 4.79 Å². The van der Waals surface area contributed by atoms with Gasteiger partial charge in [0.25, 0.3) is 23.4 Å². The Morgan fingerprint density at radius 3 is 2.31 bits per heavy atom.